The highest BCUT2D eigenvalue weighted by molar-refractivity contribution is 9.10. The molecule has 2 aromatic rings. The Labute approximate surface area is 127 Å². The molecule has 0 aliphatic rings. The van der Waals surface area contributed by atoms with Crippen LogP contribution in [0.2, 0.25) is 0 Å². The molecule has 3 heteroatoms. The molecule has 0 saturated carbocycles. The van der Waals surface area contributed by atoms with Crippen LogP contribution in [0.25, 0.3) is 0 Å². The van der Waals surface area contributed by atoms with Gasteiger partial charge in [0.2, 0.25) is 0 Å². The van der Waals surface area contributed by atoms with Crippen molar-refractivity contribution in [3.05, 3.63) is 70.2 Å². The molecule has 0 heterocycles. The molecule has 0 spiro atoms. The number of Topliss-reactive ketones (excluding diaryl/α,β-unsaturated/α-hetero) is 1. The highest BCUT2D eigenvalue weighted by Crippen LogP contribution is 2.21. The minimum absolute atomic E-state index is 0.0290. The van der Waals surface area contributed by atoms with Crippen LogP contribution in [-0.4, -0.2) is 5.78 Å². The number of carbonyl (C=O) groups excluding carboxylic acids is 1. The summed E-state index contributed by atoms with van der Waals surface area (Å²) in [5.41, 5.74) is 1.88. The van der Waals surface area contributed by atoms with Crippen molar-refractivity contribution in [3.8, 4) is 6.07 Å². The monoisotopic (exact) mass is 327 g/mol. The highest BCUT2D eigenvalue weighted by Gasteiger charge is 2.19. The van der Waals surface area contributed by atoms with Crippen LogP contribution in [0.4, 0.5) is 0 Å². The standard InChI is InChI=1S/C17H14BrNO/c18-15-9-7-14(8-10-15)16(12-19)17(20)11-6-13-4-2-1-3-5-13/h1-5,7-10,16H,6,11H2. The van der Waals surface area contributed by atoms with E-state index in [9.17, 15) is 10.1 Å². The van der Waals surface area contributed by atoms with Gasteiger partial charge < -0.3 is 0 Å². The van der Waals surface area contributed by atoms with Gasteiger partial charge in [0.05, 0.1) is 6.07 Å². The van der Waals surface area contributed by atoms with E-state index in [0.717, 1.165) is 15.6 Å². The van der Waals surface area contributed by atoms with Gasteiger partial charge in [0.15, 0.2) is 5.78 Å². The third-order valence-electron chi connectivity index (χ3n) is 3.16. The van der Waals surface area contributed by atoms with Crippen LogP contribution >= 0.6 is 15.9 Å². The zero-order valence-electron chi connectivity index (χ0n) is 10.9. The SMILES string of the molecule is N#CC(C(=O)CCc1ccccc1)c1ccc(Br)cc1. The fourth-order valence-corrected chi connectivity index (χ4v) is 2.31. The Morgan fingerprint density at radius 1 is 1.10 bits per heavy atom. The van der Waals surface area contributed by atoms with Crippen molar-refractivity contribution >= 4 is 21.7 Å². The number of rotatable bonds is 5. The van der Waals surface area contributed by atoms with E-state index < -0.39 is 5.92 Å². The van der Waals surface area contributed by atoms with E-state index in [1.54, 1.807) is 0 Å². The predicted molar refractivity (Wildman–Crippen MR) is 82.3 cm³/mol. The molecule has 1 atom stereocenters. The van der Waals surface area contributed by atoms with E-state index >= 15 is 0 Å². The molecule has 0 aliphatic heterocycles. The lowest BCUT2D eigenvalue weighted by Crippen LogP contribution is -2.11. The van der Waals surface area contributed by atoms with Crippen molar-refractivity contribution in [1.29, 1.82) is 5.26 Å². The second kappa shape index (κ2) is 7.02. The maximum absolute atomic E-state index is 12.2. The van der Waals surface area contributed by atoms with Crippen molar-refractivity contribution in [2.75, 3.05) is 0 Å². The third kappa shape index (κ3) is 3.79. The van der Waals surface area contributed by atoms with E-state index in [4.69, 9.17) is 0 Å². The number of carbonyl (C=O) groups is 1. The maximum Gasteiger partial charge on any atom is 0.154 e. The van der Waals surface area contributed by atoms with Gasteiger partial charge in [-0.2, -0.15) is 5.26 Å². The summed E-state index contributed by atoms with van der Waals surface area (Å²) >= 11 is 3.35. The Kier molecular flexibility index (Phi) is 5.09. The fraction of sp³-hybridized carbons (Fsp3) is 0.176. The number of hydrogen-bond donors (Lipinski definition) is 0. The second-order valence-corrected chi connectivity index (χ2v) is 5.48. The molecule has 20 heavy (non-hydrogen) atoms. The lowest BCUT2D eigenvalue weighted by Gasteiger charge is -2.08. The topological polar surface area (TPSA) is 40.9 Å². The molecule has 0 saturated heterocycles. The van der Waals surface area contributed by atoms with Crippen molar-refractivity contribution in [3.63, 3.8) is 0 Å². The van der Waals surface area contributed by atoms with Gasteiger partial charge >= 0.3 is 0 Å². The van der Waals surface area contributed by atoms with Gasteiger partial charge in [-0.1, -0.05) is 58.4 Å². The molecule has 0 aromatic heterocycles. The summed E-state index contributed by atoms with van der Waals surface area (Å²) < 4.78 is 0.940. The van der Waals surface area contributed by atoms with Gasteiger partial charge in [0, 0.05) is 10.9 Å². The molecule has 1 unspecified atom stereocenters. The van der Waals surface area contributed by atoms with Gasteiger partial charge in [0.1, 0.15) is 5.92 Å². The molecule has 0 aliphatic carbocycles. The molecule has 0 radical (unpaired) electrons. The molecule has 2 aromatic carbocycles. The summed E-state index contributed by atoms with van der Waals surface area (Å²) in [6.07, 6.45) is 1.06. The number of nitrogens with zero attached hydrogens (tertiary/aromatic N) is 1. The van der Waals surface area contributed by atoms with E-state index in [1.807, 2.05) is 54.6 Å². The summed E-state index contributed by atoms with van der Waals surface area (Å²) in [6.45, 7) is 0. The first-order valence-electron chi connectivity index (χ1n) is 6.42. The first-order chi connectivity index (χ1) is 9.70. The number of nitriles is 1. The Balaban J connectivity index is 2.03. The fourth-order valence-electron chi connectivity index (χ4n) is 2.04. The van der Waals surface area contributed by atoms with Gasteiger partial charge in [-0.15, -0.1) is 0 Å². The molecule has 100 valence electrons. The highest BCUT2D eigenvalue weighted by atomic mass is 79.9. The van der Waals surface area contributed by atoms with Gasteiger partial charge in [-0.3, -0.25) is 4.79 Å². The Hall–Kier alpha value is -1.92. The quantitative estimate of drug-likeness (QED) is 0.823. The van der Waals surface area contributed by atoms with Crippen molar-refractivity contribution in [2.24, 2.45) is 0 Å². The summed E-state index contributed by atoms with van der Waals surface area (Å²) in [5, 5.41) is 9.23. The van der Waals surface area contributed by atoms with Crippen LogP contribution < -0.4 is 0 Å². The van der Waals surface area contributed by atoms with Gasteiger partial charge in [-0.25, -0.2) is 0 Å². The largest absolute Gasteiger partial charge is 0.298 e. The summed E-state index contributed by atoms with van der Waals surface area (Å²) in [6, 6.07) is 19.3. The number of benzene rings is 2. The first kappa shape index (κ1) is 14.5. The number of ketones is 1. The molecule has 2 nitrogen and oxygen atoms in total. The first-order valence-corrected chi connectivity index (χ1v) is 7.21. The van der Waals surface area contributed by atoms with E-state index in [2.05, 4.69) is 22.0 Å². The van der Waals surface area contributed by atoms with Crippen molar-refractivity contribution < 1.29 is 4.79 Å². The second-order valence-electron chi connectivity index (χ2n) is 4.57. The normalized spacial score (nSPS) is 11.6. The molecular formula is C17H14BrNO. The Bertz CT molecular complexity index is 614. The zero-order valence-corrected chi connectivity index (χ0v) is 12.5. The smallest absolute Gasteiger partial charge is 0.154 e. The van der Waals surface area contributed by atoms with E-state index in [0.29, 0.717) is 12.8 Å². The number of halogens is 1. The summed E-state index contributed by atoms with van der Waals surface area (Å²) in [4.78, 5) is 12.2. The molecule has 0 bridgehead atoms. The Morgan fingerprint density at radius 3 is 2.35 bits per heavy atom. The predicted octanol–water partition coefficient (Wildman–Crippen LogP) is 4.26. The lowest BCUT2D eigenvalue weighted by molar-refractivity contribution is -0.119. The van der Waals surface area contributed by atoms with Crippen LogP contribution in [0.3, 0.4) is 0 Å². The maximum atomic E-state index is 12.2. The minimum atomic E-state index is -0.674. The van der Waals surface area contributed by atoms with Gasteiger partial charge in [0.25, 0.3) is 0 Å². The third-order valence-corrected chi connectivity index (χ3v) is 3.69. The number of aryl methyl sites for hydroxylation is 1. The van der Waals surface area contributed by atoms with Crippen molar-refractivity contribution in [1.82, 2.24) is 0 Å². The van der Waals surface area contributed by atoms with Crippen molar-refractivity contribution in [2.45, 2.75) is 18.8 Å². The minimum Gasteiger partial charge on any atom is -0.298 e. The molecule has 2 rings (SSSR count). The van der Waals surface area contributed by atoms with Crippen LogP contribution in [0, 0.1) is 11.3 Å². The Morgan fingerprint density at radius 2 is 1.75 bits per heavy atom. The number of hydrogen-bond acceptors (Lipinski definition) is 2. The lowest BCUT2D eigenvalue weighted by atomic mass is 9.92. The van der Waals surface area contributed by atoms with Crippen LogP contribution in [0.15, 0.2) is 59.1 Å². The van der Waals surface area contributed by atoms with Gasteiger partial charge in [-0.05, 0) is 29.7 Å². The summed E-state index contributed by atoms with van der Waals surface area (Å²) in [5.74, 6) is -0.703. The van der Waals surface area contributed by atoms with Crippen LogP contribution in [0.5, 0.6) is 0 Å². The molecule has 0 fully saturated rings. The van der Waals surface area contributed by atoms with E-state index in [1.165, 1.54) is 0 Å². The van der Waals surface area contributed by atoms with Crippen LogP contribution in [-0.2, 0) is 11.2 Å². The van der Waals surface area contributed by atoms with E-state index in [-0.39, 0.29) is 5.78 Å². The average Bonchev–Trinajstić information content (AvgIpc) is 2.49. The molecule has 0 N–H and O–H groups in total. The molecular weight excluding hydrogens is 314 g/mol. The summed E-state index contributed by atoms with van der Waals surface area (Å²) in [7, 11) is 0. The zero-order chi connectivity index (χ0) is 14.4. The average molecular weight is 328 g/mol. The molecule has 0 amide bonds. The van der Waals surface area contributed by atoms with Crippen LogP contribution in [0.1, 0.15) is 23.5 Å².